The van der Waals surface area contributed by atoms with Gasteiger partial charge in [0.15, 0.2) is 0 Å². The average molecular weight is 313 g/mol. The highest BCUT2D eigenvalue weighted by molar-refractivity contribution is 6.20. The van der Waals surface area contributed by atoms with Crippen LogP contribution in [-0.2, 0) is 0 Å². The fourth-order valence-electron chi connectivity index (χ4n) is 2.78. The second-order valence-electron chi connectivity index (χ2n) is 6.17. The second-order valence-corrected chi connectivity index (χ2v) is 6.83. The molecule has 0 saturated carbocycles. The third-order valence-electron chi connectivity index (χ3n) is 4.05. The van der Waals surface area contributed by atoms with Crippen LogP contribution in [0, 0.1) is 6.92 Å². The Kier molecular flexibility index (Phi) is 3.96. The van der Waals surface area contributed by atoms with Crippen LogP contribution in [0.3, 0.4) is 0 Å². The highest BCUT2D eigenvalue weighted by atomic mass is 35.5. The summed E-state index contributed by atoms with van der Waals surface area (Å²) in [6, 6.07) is 12.8. The molecule has 0 radical (unpaired) electrons. The summed E-state index contributed by atoms with van der Waals surface area (Å²) in [4.78, 5) is 4.82. The zero-order valence-electron chi connectivity index (χ0n) is 13.5. The summed E-state index contributed by atoms with van der Waals surface area (Å²) in [6.07, 6.45) is 2.05. The predicted molar refractivity (Wildman–Crippen MR) is 93.7 cm³/mol. The number of fused-ring (bicyclic) bond motifs is 1. The average Bonchev–Trinajstić information content (AvgIpc) is 2.85. The quantitative estimate of drug-likeness (QED) is 0.564. The van der Waals surface area contributed by atoms with Crippen molar-refractivity contribution >= 4 is 17.2 Å². The number of hydrogen-bond acceptors (Lipinski definition) is 1. The molecule has 0 spiro atoms. The molecule has 0 aliphatic carbocycles. The van der Waals surface area contributed by atoms with Crippen molar-refractivity contribution in [3.8, 4) is 11.3 Å². The van der Waals surface area contributed by atoms with Gasteiger partial charge in [-0.2, -0.15) is 0 Å². The van der Waals surface area contributed by atoms with Crippen LogP contribution in [0.1, 0.15) is 48.9 Å². The predicted octanol–water partition coefficient (Wildman–Crippen LogP) is 5.73. The maximum atomic E-state index is 6.44. The van der Waals surface area contributed by atoms with E-state index in [-0.39, 0.29) is 5.38 Å². The summed E-state index contributed by atoms with van der Waals surface area (Å²) < 4.78 is 2.09. The van der Waals surface area contributed by atoms with Crippen molar-refractivity contribution in [2.75, 3.05) is 0 Å². The van der Waals surface area contributed by atoms with E-state index >= 15 is 0 Å². The first-order chi connectivity index (χ1) is 10.5. The number of rotatable bonds is 3. The van der Waals surface area contributed by atoms with Gasteiger partial charge in [-0.1, -0.05) is 38.1 Å². The largest absolute Gasteiger partial charge is 0.302 e. The molecule has 0 N–H and O–H groups in total. The van der Waals surface area contributed by atoms with Crippen LogP contribution in [0.2, 0.25) is 0 Å². The van der Waals surface area contributed by atoms with Gasteiger partial charge in [-0.15, -0.1) is 11.6 Å². The zero-order chi connectivity index (χ0) is 15.9. The van der Waals surface area contributed by atoms with Crippen LogP contribution < -0.4 is 0 Å². The Hall–Kier alpha value is -1.80. The molecule has 0 saturated heterocycles. The first kappa shape index (κ1) is 15.1. The van der Waals surface area contributed by atoms with Crippen LogP contribution in [0.5, 0.6) is 0 Å². The van der Waals surface area contributed by atoms with Gasteiger partial charge in [-0.05, 0) is 43.0 Å². The van der Waals surface area contributed by atoms with Crippen LogP contribution in [-0.4, -0.2) is 9.38 Å². The number of halogens is 1. The van der Waals surface area contributed by atoms with E-state index in [1.807, 2.05) is 6.92 Å². The minimum atomic E-state index is -0.0996. The molecule has 114 valence electrons. The lowest BCUT2D eigenvalue weighted by molar-refractivity contribution is 0.867. The van der Waals surface area contributed by atoms with E-state index < -0.39 is 0 Å². The third kappa shape index (κ3) is 2.64. The number of imidazole rings is 1. The van der Waals surface area contributed by atoms with E-state index in [0.29, 0.717) is 5.92 Å². The van der Waals surface area contributed by atoms with Crippen LogP contribution in [0.4, 0.5) is 0 Å². The van der Waals surface area contributed by atoms with Gasteiger partial charge in [0.1, 0.15) is 5.65 Å². The minimum absolute atomic E-state index is 0.0996. The van der Waals surface area contributed by atoms with Gasteiger partial charge in [0, 0.05) is 11.8 Å². The molecule has 1 unspecified atom stereocenters. The van der Waals surface area contributed by atoms with Crippen molar-refractivity contribution in [1.29, 1.82) is 0 Å². The first-order valence-corrected chi connectivity index (χ1v) is 8.14. The smallest absolute Gasteiger partial charge is 0.137 e. The van der Waals surface area contributed by atoms with Gasteiger partial charge in [0.05, 0.1) is 16.8 Å². The molecule has 0 aliphatic rings. The lowest BCUT2D eigenvalue weighted by atomic mass is 10.00. The Morgan fingerprint density at radius 2 is 1.73 bits per heavy atom. The lowest BCUT2D eigenvalue weighted by Gasteiger charge is -2.09. The zero-order valence-corrected chi connectivity index (χ0v) is 14.2. The first-order valence-electron chi connectivity index (χ1n) is 7.70. The molecule has 0 amide bonds. The van der Waals surface area contributed by atoms with Crippen molar-refractivity contribution in [1.82, 2.24) is 9.38 Å². The molecule has 1 aromatic carbocycles. The molecule has 3 rings (SSSR count). The topological polar surface area (TPSA) is 17.3 Å². The Morgan fingerprint density at radius 3 is 2.32 bits per heavy atom. The van der Waals surface area contributed by atoms with Crippen molar-refractivity contribution in [3.05, 3.63) is 59.4 Å². The molecule has 2 nitrogen and oxygen atoms in total. The summed E-state index contributed by atoms with van der Waals surface area (Å²) in [5, 5.41) is -0.0996. The minimum Gasteiger partial charge on any atom is -0.302 e. The Balaban J connectivity index is 2.18. The summed E-state index contributed by atoms with van der Waals surface area (Å²) in [7, 11) is 0. The highest BCUT2D eigenvalue weighted by Gasteiger charge is 2.18. The van der Waals surface area contributed by atoms with Crippen LogP contribution >= 0.6 is 11.6 Å². The SMILES string of the molecule is Cc1ccn2c(C(C)Cl)c(-c3ccc(C(C)C)cc3)nc2c1. The molecule has 22 heavy (non-hydrogen) atoms. The summed E-state index contributed by atoms with van der Waals surface area (Å²) in [5.74, 6) is 0.532. The number of nitrogens with zero attached hydrogens (tertiary/aromatic N) is 2. The van der Waals surface area contributed by atoms with E-state index in [9.17, 15) is 0 Å². The van der Waals surface area contributed by atoms with Gasteiger partial charge in [-0.3, -0.25) is 0 Å². The number of alkyl halides is 1. The lowest BCUT2D eigenvalue weighted by Crippen LogP contribution is -1.95. The van der Waals surface area contributed by atoms with Crippen molar-refractivity contribution in [2.45, 2.75) is 39.0 Å². The number of pyridine rings is 1. The maximum absolute atomic E-state index is 6.44. The van der Waals surface area contributed by atoms with E-state index in [1.54, 1.807) is 0 Å². The summed E-state index contributed by atoms with van der Waals surface area (Å²) in [6.45, 7) is 8.48. The van der Waals surface area contributed by atoms with Gasteiger partial charge >= 0.3 is 0 Å². The van der Waals surface area contributed by atoms with Crippen LogP contribution in [0.15, 0.2) is 42.6 Å². The Morgan fingerprint density at radius 1 is 1.05 bits per heavy atom. The van der Waals surface area contributed by atoms with Gasteiger partial charge < -0.3 is 4.40 Å². The molecule has 2 heterocycles. The van der Waals surface area contributed by atoms with Gasteiger partial charge in [0.2, 0.25) is 0 Å². The van der Waals surface area contributed by atoms with Crippen molar-refractivity contribution in [2.24, 2.45) is 0 Å². The molecule has 0 bridgehead atoms. The standard InChI is InChI=1S/C19H21ClN2/c1-12(2)15-5-7-16(8-6-15)18-19(14(4)20)22-10-9-13(3)11-17(22)21-18/h5-12,14H,1-4H3. The van der Waals surface area contributed by atoms with E-state index in [4.69, 9.17) is 16.6 Å². The molecule has 3 aromatic rings. The molecular weight excluding hydrogens is 292 g/mol. The number of aryl methyl sites for hydroxylation is 1. The molecule has 0 fully saturated rings. The fourth-order valence-corrected chi connectivity index (χ4v) is 2.99. The molecule has 0 aliphatic heterocycles. The van der Waals surface area contributed by atoms with E-state index in [1.165, 1.54) is 11.1 Å². The molecular formula is C19H21ClN2. The van der Waals surface area contributed by atoms with Crippen molar-refractivity contribution in [3.63, 3.8) is 0 Å². The molecule has 2 aromatic heterocycles. The highest BCUT2D eigenvalue weighted by Crippen LogP contribution is 2.32. The maximum Gasteiger partial charge on any atom is 0.137 e. The monoisotopic (exact) mass is 312 g/mol. The van der Waals surface area contributed by atoms with E-state index in [0.717, 1.165) is 22.6 Å². The fraction of sp³-hybridized carbons (Fsp3) is 0.316. The number of aromatic nitrogens is 2. The number of benzene rings is 1. The van der Waals surface area contributed by atoms with Gasteiger partial charge in [-0.25, -0.2) is 4.98 Å². The molecule has 1 atom stereocenters. The van der Waals surface area contributed by atoms with Crippen molar-refractivity contribution < 1.29 is 0 Å². The Bertz CT molecular complexity index is 798. The number of hydrogen-bond donors (Lipinski definition) is 0. The third-order valence-corrected chi connectivity index (χ3v) is 4.25. The Labute approximate surface area is 136 Å². The normalized spacial score (nSPS) is 13.0. The van der Waals surface area contributed by atoms with E-state index in [2.05, 4.69) is 67.8 Å². The molecule has 3 heteroatoms. The summed E-state index contributed by atoms with van der Waals surface area (Å²) >= 11 is 6.44. The summed E-state index contributed by atoms with van der Waals surface area (Å²) in [5.41, 5.74) is 6.63. The second kappa shape index (κ2) is 5.77. The van der Waals surface area contributed by atoms with Crippen LogP contribution in [0.25, 0.3) is 16.9 Å². The van der Waals surface area contributed by atoms with Gasteiger partial charge in [0.25, 0.3) is 0 Å².